The van der Waals surface area contributed by atoms with Crippen LogP contribution in [0.3, 0.4) is 0 Å². The first-order valence-corrected chi connectivity index (χ1v) is 8.26. The van der Waals surface area contributed by atoms with E-state index in [4.69, 9.17) is 4.74 Å². The molecular weight excluding hydrogens is 310 g/mol. The van der Waals surface area contributed by atoms with Gasteiger partial charge in [-0.2, -0.15) is 0 Å². The molecule has 3 nitrogen and oxygen atoms in total. The number of rotatable bonds is 1. The van der Waals surface area contributed by atoms with Crippen LogP contribution in [0, 0.1) is 0 Å². The van der Waals surface area contributed by atoms with Crippen LogP contribution in [0.2, 0.25) is 0 Å². The number of aromatic nitrogens is 1. The standard InChI is InChI=1S/C22H15NO2/c1-13(24)25-20-12-19-22(17-9-5-4-8-16(17)20)21-15-7-3-2-6-14(15)10-11-18(21)23-19/h2-12,23H,1H3. The zero-order valence-corrected chi connectivity index (χ0v) is 13.7. The van der Waals surface area contributed by atoms with Crippen molar-refractivity contribution in [3.63, 3.8) is 0 Å². The van der Waals surface area contributed by atoms with Crippen LogP contribution in [0.1, 0.15) is 6.92 Å². The number of fused-ring (bicyclic) bond motifs is 7. The van der Waals surface area contributed by atoms with Gasteiger partial charge in [0.1, 0.15) is 5.75 Å². The van der Waals surface area contributed by atoms with E-state index in [2.05, 4.69) is 47.4 Å². The Labute approximate surface area is 143 Å². The molecule has 3 heteroatoms. The maximum Gasteiger partial charge on any atom is 0.308 e. The largest absolute Gasteiger partial charge is 0.426 e. The lowest BCUT2D eigenvalue weighted by molar-refractivity contribution is -0.131. The summed E-state index contributed by atoms with van der Waals surface area (Å²) >= 11 is 0. The third-order valence-corrected chi connectivity index (χ3v) is 4.71. The molecule has 0 atom stereocenters. The van der Waals surface area contributed by atoms with Crippen molar-refractivity contribution in [2.75, 3.05) is 0 Å². The molecule has 0 aliphatic heterocycles. The van der Waals surface area contributed by atoms with Gasteiger partial charge in [0.15, 0.2) is 0 Å². The Bertz CT molecular complexity index is 1300. The summed E-state index contributed by atoms with van der Waals surface area (Å²) in [6.45, 7) is 1.43. The number of esters is 1. The molecule has 4 aromatic carbocycles. The molecule has 5 aromatic rings. The van der Waals surface area contributed by atoms with Gasteiger partial charge in [0.2, 0.25) is 0 Å². The predicted molar refractivity (Wildman–Crippen MR) is 102 cm³/mol. The highest BCUT2D eigenvalue weighted by atomic mass is 16.5. The molecule has 0 aliphatic rings. The van der Waals surface area contributed by atoms with Crippen molar-refractivity contribution >= 4 is 49.3 Å². The van der Waals surface area contributed by atoms with Crippen molar-refractivity contribution in [3.05, 3.63) is 66.7 Å². The maximum atomic E-state index is 11.5. The maximum absolute atomic E-state index is 11.5. The van der Waals surface area contributed by atoms with Gasteiger partial charge in [-0.1, -0.05) is 54.6 Å². The van der Waals surface area contributed by atoms with Gasteiger partial charge in [-0.15, -0.1) is 0 Å². The molecule has 0 amide bonds. The van der Waals surface area contributed by atoms with E-state index in [1.807, 2.05) is 24.3 Å². The van der Waals surface area contributed by atoms with E-state index in [1.165, 1.54) is 28.5 Å². The van der Waals surface area contributed by atoms with E-state index in [0.717, 1.165) is 21.8 Å². The van der Waals surface area contributed by atoms with Gasteiger partial charge < -0.3 is 9.72 Å². The molecule has 1 aromatic heterocycles. The lowest BCUT2D eigenvalue weighted by Gasteiger charge is -2.08. The highest BCUT2D eigenvalue weighted by molar-refractivity contribution is 6.28. The van der Waals surface area contributed by atoms with Gasteiger partial charge in [-0.3, -0.25) is 4.79 Å². The van der Waals surface area contributed by atoms with Crippen LogP contribution in [0.15, 0.2) is 66.7 Å². The van der Waals surface area contributed by atoms with Gasteiger partial charge in [-0.25, -0.2) is 0 Å². The number of hydrogen-bond donors (Lipinski definition) is 1. The van der Waals surface area contributed by atoms with Crippen LogP contribution in [0.5, 0.6) is 5.75 Å². The predicted octanol–water partition coefficient (Wildman–Crippen LogP) is 5.55. The zero-order chi connectivity index (χ0) is 17.0. The highest BCUT2D eigenvalue weighted by Gasteiger charge is 2.15. The van der Waals surface area contributed by atoms with Crippen LogP contribution >= 0.6 is 0 Å². The summed E-state index contributed by atoms with van der Waals surface area (Å²) in [5, 5.41) is 6.83. The summed E-state index contributed by atoms with van der Waals surface area (Å²) in [5.74, 6) is 0.275. The number of hydrogen-bond acceptors (Lipinski definition) is 2. The molecule has 0 saturated carbocycles. The van der Waals surface area contributed by atoms with Crippen LogP contribution in [0.4, 0.5) is 0 Å². The van der Waals surface area contributed by atoms with Crippen molar-refractivity contribution in [2.45, 2.75) is 6.92 Å². The molecule has 0 unspecified atom stereocenters. The summed E-state index contributed by atoms with van der Waals surface area (Å²) < 4.78 is 5.46. The quantitative estimate of drug-likeness (QED) is 0.324. The van der Waals surface area contributed by atoms with Crippen LogP contribution < -0.4 is 4.74 Å². The minimum atomic E-state index is -0.314. The third-order valence-electron chi connectivity index (χ3n) is 4.71. The van der Waals surface area contributed by atoms with E-state index in [-0.39, 0.29) is 5.97 Å². The Hall–Kier alpha value is -3.33. The van der Waals surface area contributed by atoms with Crippen LogP contribution in [-0.4, -0.2) is 11.0 Å². The first-order valence-electron chi connectivity index (χ1n) is 8.26. The van der Waals surface area contributed by atoms with Gasteiger partial charge in [-0.05, 0) is 22.2 Å². The molecule has 0 fully saturated rings. The summed E-state index contributed by atoms with van der Waals surface area (Å²) in [7, 11) is 0. The van der Waals surface area contributed by atoms with Gasteiger partial charge in [0, 0.05) is 34.7 Å². The van der Waals surface area contributed by atoms with E-state index >= 15 is 0 Å². The fraction of sp³-hybridized carbons (Fsp3) is 0.0455. The minimum Gasteiger partial charge on any atom is -0.426 e. The Morgan fingerprint density at radius 3 is 2.28 bits per heavy atom. The van der Waals surface area contributed by atoms with Gasteiger partial charge in [0.05, 0.1) is 5.52 Å². The van der Waals surface area contributed by atoms with Crippen molar-refractivity contribution in [2.24, 2.45) is 0 Å². The number of nitrogens with one attached hydrogen (secondary N) is 1. The van der Waals surface area contributed by atoms with E-state index in [1.54, 1.807) is 0 Å². The number of benzene rings is 4. The van der Waals surface area contributed by atoms with Crippen molar-refractivity contribution in [1.82, 2.24) is 4.98 Å². The number of ether oxygens (including phenoxy) is 1. The van der Waals surface area contributed by atoms with E-state index < -0.39 is 0 Å². The van der Waals surface area contributed by atoms with Crippen LogP contribution in [-0.2, 0) is 4.79 Å². The number of carbonyl (C=O) groups excluding carboxylic acids is 1. The third kappa shape index (κ3) is 2.02. The van der Waals surface area contributed by atoms with Gasteiger partial charge in [0.25, 0.3) is 0 Å². The van der Waals surface area contributed by atoms with Crippen LogP contribution in [0.25, 0.3) is 43.4 Å². The summed E-state index contributed by atoms with van der Waals surface area (Å²) in [5.41, 5.74) is 2.06. The molecule has 0 bridgehead atoms. The lowest BCUT2D eigenvalue weighted by atomic mass is 9.99. The zero-order valence-electron chi connectivity index (χ0n) is 13.7. The molecule has 0 spiro atoms. The molecule has 5 rings (SSSR count). The number of H-pyrrole nitrogens is 1. The first kappa shape index (κ1) is 14.1. The highest BCUT2D eigenvalue weighted by Crippen LogP contribution is 2.40. The summed E-state index contributed by atoms with van der Waals surface area (Å²) in [6.07, 6.45) is 0. The van der Waals surface area contributed by atoms with Crippen molar-refractivity contribution in [3.8, 4) is 5.75 Å². The van der Waals surface area contributed by atoms with E-state index in [9.17, 15) is 4.79 Å². The molecule has 0 radical (unpaired) electrons. The van der Waals surface area contributed by atoms with Gasteiger partial charge >= 0.3 is 5.97 Å². The molecular formula is C22H15NO2. The average Bonchev–Trinajstić information content (AvgIpc) is 3.00. The summed E-state index contributed by atoms with van der Waals surface area (Å²) in [4.78, 5) is 15.0. The van der Waals surface area contributed by atoms with Crippen molar-refractivity contribution in [1.29, 1.82) is 0 Å². The number of aromatic amines is 1. The smallest absolute Gasteiger partial charge is 0.308 e. The Balaban J connectivity index is 2.04. The SMILES string of the molecule is CC(=O)Oc1cc2[nH]c3ccc4ccccc4c3c2c2ccccc12. The van der Waals surface area contributed by atoms with Crippen molar-refractivity contribution < 1.29 is 9.53 Å². The molecule has 120 valence electrons. The molecule has 1 heterocycles. The molecule has 25 heavy (non-hydrogen) atoms. The molecule has 1 N–H and O–H groups in total. The van der Waals surface area contributed by atoms with E-state index in [0.29, 0.717) is 5.75 Å². The summed E-state index contributed by atoms with van der Waals surface area (Å²) in [6, 6.07) is 22.6. The Morgan fingerprint density at radius 1 is 0.800 bits per heavy atom. The normalized spacial score (nSPS) is 11.6. The first-order chi connectivity index (χ1) is 12.2. The number of carbonyl (C=O) groups is 1. The lowest BCUT2D eigenvalue weighted by Crippen LogP contribution is -2.01. The fourth-order valence-corrected chi connectivity index (χ4v) is 3.74. The topological polar surface area (TPSA) is 42.1 Å². The molecule has 0 saturated heterocycles. The average molecular weight is 325 g/mol. The second kappa shape index (κ2) is 5.08. The fourth-order valence-electron chi connectivity index (χ4n) is 3.74. The Kier molecular flexibility index (Phi) is 2.86. The second-order valence-corrected chi connectivity index (χ2v) is 6.27. The monoisotopic (exact) mass is 325 g/mol. The minimum absolute atomic E-state index is 0.314. The molecule has 0 aliphatic carbocycles. The second-order valence-electron chi connectivity index (χ2n) is 6.27. The Morgan fingerprint density at radius 2 is 1.48 bits per heavy atom.